The van der Waals surface area contributed by atoms with E-state index < -0.39 is 5.41 Å². The van der Waals surface area contributed by atoms with E-state index in [1.165, 1.54) is 0 Å². The van der Waals surface area contributed by atoms with Gasteiger partial charge in [-0.3, -0.25) is 9.59 Å². The Bertz CT molecular complexity index is 754. The smallest absolute Gasteiger partial charge is 0.253 e. The van der Waals surface area contributed by atoms with Gasteiger partial charge in [0.15, 0.2) is 0 Å². The summed E-state index contributed by atoms with van der Waals surface area (Å²) in [5, 5.41) is 8.00. The van der Waals surface area contributed by atoms with E-state index in [-0.39, 0.29) is 30.8 Å². The molecule has 0 bridgehead atoms. The first-order chi connectivity index (χ1) is 12.5. The standard InChI is InChI=1S/C19H24ClN3O2S.ClH/c1-3-19(4-2,12-21)18(25)23-13-7-8-16(20)15(10-13)17(24)22-11-14-6-5-9-26-14;/h5-10H,3-4,11-12,21H2,1-2H3,(H,22,24)(H,23,25);1H. The van der Waals surface area contributed by atoms with Crippen LogP contribution in [0.25, 0.3) is 0 Å². The molecule has 148 valence electrons. The normalized spacial score (nSPS) is 10.8. The average molecular weight is 430 g/mol. The van der Waals surface area contributed by atoms with Gasteiger partial charge in [0.2, 0.25) is 5.91 Å². The van der Waals surface area contributed by atoms with Crippen LogP contribution in [-0.2, 0) is 11.3 Å². The van der Waals surface area contributed by atoms with E-state index in [2.05, 4.69) is 10.6 Å². The molecule has 8 heteroatoms. The number of hydrogen-bond donors (Lipinski definition) is 3. The average Bonchev–Trinajstić information content (AvgIpc) is 3.17. The summed E-state index contributed by atoms with van der Waals surface area (Å²) < 4.78 is 0. The minimum atomic E-state index is -0.610. The first-order valence-corrected chi connectivity index (χ1v) is 9.83. The largest absolute Gasteiger partial charge is 0.347 e. The Labute approximate surface area is 175 Å². The zero-order chi connectivity index (χ0) is 19.2. The summed E-state index contributed by atoms with van der Waals surface area (Å²) in [7, 11) is 0. The van der Waals surface area contributed by atoms with E-state index in [1.807, 2.05) is 31.4 Å². The van der Waals surface area contributed by atoms with Crippen LogP contribution in [0.2, 0.25) is 5.02 Å². The highest BCUT2D eigenvalue weighted by Gasteiger charge is 2.33. The van der Waals surface area contributed by atoms with E-state index in [4.69, 9.17) is 17.3 Å². The zero-order valence-corrected chi connectivity index (χ0v) is 17.8. The molecule has 2 aromatic rings. The van der Waals surface area contributed by atoms with Gasteiger partial charge in [0.25, 0.3) is 5.91 Å². The Hall–Kier alpha value is -1.60. The molecule has 2 rings (SSSR count). The van der Waals surface area contributed by atoms with Crippen LogP contribution >= 0.6 is 35.3 Å². The van der Waals surface area contributed by atoms with Crippen molar-refractivity contribution in [2.45, 2.75) is 33.2 Å². The van der Waals surface area contributed by atoms with Crippen molar-refractivity contribution in [1.82, 2.24) is 5.32 Å². The number of amides is 2. The maximum atomic E-state index is 12.7. The molecule has 4 N–H and O–H groups in total. The summed E-state index contributed by atoms with van der Waals surface area (Å²) >= 11 is 7.74. The van der Waals surface area contributed by atoms with E-state index in [9.17, 15) is 9.59 Å². The molecule has 0 spiro atoms. The first kappa shape index (κ1) is 23.4. The van der Waals surface area contributed by atoms with Crippen LogP contribution in [0.15, 0.2) is 35.7 Å². The monoisotopic (exact) mass is 429 g/mol. The molecule has 0 aliphatic rings. The second-order valence-corrected chi connectivity index (χ2v) is 7.54. The van der Waals surface area contributed by atoms with Gasteiger partial charge in [0.1, 0.15) is 0 Å². The van der Waals surface area contributed by atoms with Crippen molar-refractivity contribution in [2.24, 2.45) is 11.1 Å². The van der Waals surface area contributed by atoms with Gasteiger partial charge < -0.3 is 16.4 Å². The number of halogens is 2. The molecule has 0 unspecified atom stereocenters. The third kappa shape index (κ3) is 5.69. The lowest BCUT2D eigenvalue weighted by Gasteiger charge is -2.28. The molecule has 0 fully saturated rings. The second-order valence-electron chi connectivity index (χ2n) is 6.10. The van der Waals surface area contributed by atoms with Crippen molar-refractivity contribution in [3.8, 4) is 0 Å². The van der Waals surface area contributed by atoms with Gasteiger partial charge in [0, 0.05) is 17.1 Å². The number of benzene rings is 1. The number of nitrogens with two attached hydrogens (primary N) is 1. The number of hydrogen-bond acceptors (Lipinski definition) is 4. The Morgan fingerprint density at radius 2 is 1.93 bits per heavy atom. The van der Waals surface area contributed by atoms with E-state index in [1.54, 1.807) is 29.5 Å². The quantitative estimate of drug-likeness (QED) is 0.578. The number of carbonyl (C=O) groups is 2. The van der Waals surface area contributed by atoms with Crippen molar-refractivity contribution >= 4 is 52.8 Å². The van der Waals surface area contributed by atoms with Crippen LogP contribution in [0.5, 0.6) is 0 Å². The van der Waals surface area contributed by atoms with Crippen LogP contribution in [0.1, 0.15) is 41.9 Å². The molecule has 0 radical (unpaired) electrons. The van der Waals surface area contributed by atoms with Gasteiger partial charge in [-0.2, -0.15) is 0 Å². The Morgan fingerprint density at radius 3 is 2.48 bits per heavy atom. The maximum Gasteiger partial charge on any atom is 0.253 e. The van der Waals surface area contributed by atoms with E-state index in [0.717, 1.165) is 4.88 Å². The Morgan fingerprint density at radius 1 is 1.22 bits per heavy atom. The van der Waals surface area contributed by atoms with Gasteiger partial charge in [-0.15, -0.1) is 23.7 Å². The van der Waals surface area contributed by atoms with Crippen molar-refractivity contribution in [2.75, 3.05) is 11.9 Å². The van der Waals surface area contributed by atoms with Gasteiger partial charge in [-0.05, 0) is 42.5 Å². The summed E-state index contributed by atoms with van der Waals surface area (Å²) in [5.74, 6) is -0.423. The molecule has 27 heavy (non-hydrogen) atoms. The molecule has 0 atom stereocenters. The Balaban J connectivity index is 0.00000364. The molecule has 0 aliphatic heterocycles. The van der Waals surface area contributed by atoms with Gasteiger partial charge in [0.05, 0.1) is 22.5 Å². The number of rotatable bonds is 8. The van der Waals surface area contributed by atoms with Gasteiger partial charge in [-0.25, -0.2) is 0 Å². The Kier molecular flexibility index (Phi) is 9.26. The van der Waals surface area contributed by atoms with Crippen LogP contribution in [-0.4, -0.2) is 18.4 Å². The topological polar surface area (TPSA) is 84.2 Å². The fraction of sp³-hybridized carbons (Fsp3) is 0.368. The molecule has 5 nitrogen and oxygen atoms in total. The van der Waals surface area contributed by atoms with Crippen LogP contribution < -0.4 is 16.4 Å². The summed E-state index contributed by atoms with van der Waals surface area (Å²) in [4.78, 5) is 26.1. The van der Waals surface area contributed by atoms with E-state index >= 15 is 0 Å². The van der Waals surface area contributed by atoms with Crippen molar-refractivity contribution in [3.05, 3.63) is 51.2 Å². The molecular weight excluding hydrogens is 405 g/mol. The molecule has 0 aliphatic carbocycles. The summed E-state index contributed by atoms with van der Waals surface area (Å²) in [6, 6.07) is 8.77. The van der Waals surface area contributed by atoms with Crippen LogP contribution in [0.3, 0.4) is 0 Å². The fourth-order valence-corrected chi connectivity index (χ4v) is 3.52. The molecule has 1 aromatic heterocycles. The number of thiophene rings is 1. The number of anilines is 1. The molecule has 0 saturated carbocycles. The molecule has 0 saturated heterocycles. The predicted molar refractivity (Wildman–Crippen MR) is 115 cm³/mol. The van der Waals surface area contributed by atoms with Crippen molar-refractivity contribution in [3.63, 3.8) is 0 Å². The summed E-state index contributed by atoms with van der Waals surface area (Å²) in [6.45, 7) is 4.60. The minimum Gasteiger partial charge on any atom is -0.347 e. The molecule has 1 heterocycles. The molecule has 2 amide bonds. The maximum absolute atomic E-state index is 12.7. The zero-order valence-electron chi connectivity index (χ0n) is 15.4. The van der Waals surface area contributed by atoms with Crippen molar-refractivity contribution < 1.29 is 9.59 Å². The molecular formula is C19H25Cl2N3O2S. The predicted octanol–water partition coefficient (Wildman–Crippen LogP) is 4.46. The third-order valence-electron chi connectivity index (χ3n) is 4.70. The first-order valence-electron chi connectivity index (χ1n) is 8.57. The van der Waals surface area contributed by atoms with Crippen molar-refractivity contribution in [1.29, 1.82) is 0 Å². The summed E-state index contributed by atoms with van der Waals surface area (Å²) in [5.41, 5.74) is 6.07. The lowest BCUT2D eigenvalue weighted by atomic mass is 9.81. The SMILES string of the molecule is CCC(CC)(CN)C(=O)Nc1ccc(Cl)c(C(=O)NCc2cccs2)c1.Cl. The lowest BCUT2D eigenvalue weighted by molar-refractivity contribution is -0.125. The highest BCUT2D eigenvalue weighted by atomic mass is 35.5. The molecule has 1 aromatic carbocycles. The lowest BCUT2D eigenvalue weighted by Crippen LogP contribution is -2.41. The second kappa shape index (κ2) is 10.7. The fourth-order valence-electron chi connectivity index (χ4n) is 2.67. The minimum absolute atomic E-state index is 0. The van der Waals surface area contributed by atoms with E-state index in [0.29, 0.717) is 35.7 Å². The van der Waals surface area contributed by atoms with Gasteiger partial charge >= 0.3 is 0 Å². The van der Waals surface area contributed by atoms with Gasteiger partial charge in [-0.1, -0.05) is 31.5 Å². The third-order valence-corrected chi connectivity index (χ3v) is 5.90. The highest BCUT2D eigenvalue weighted by Crippen LogP contribution is 2.28. The number of nitrogens with one attached hydrogen (secondary N) is 2. The van der Waals surface area contributed by atoms with Crippen LogP contribution in [0.4, 0.5) is 5.69 Å². The summed E-state index contributed by atoms with van der Waals surface area (Å²) in [6.07, 6.45) is 1.29. The number of carbonyl (C=O) groups excluding carboxylic acids is 2. The van der Waals surface area contributed by atoms with Crippen LogP contribution in [0, 0.1) is 5.41 Å². The highest BCUT2D eigenvalue weighted by molar-refractivity contribution is 7.09.